The van der Waals surface area contributed by atoms with E-state index in [0.29, 0.717) is 0 Å². The average molecular weight is 203 g/mol. The monoisotopic (exact) mass is 203 g/mol. The Morgan fingerprint density at radius 1 is 1.33 bits per heavy atom. The van der Waals surface area contributed by atoms with Gasteiger partial charge in [0.2, 0.25) is 0 Å². The van der Waals surface area contributed by atoms with E-state index in [1.54, 1.807) is 0 Å². The first kappa shape index (κ1) is 10.7. The van der Waals surface area contributed by atoms with Crippen molar-refractivity contribution in [2.45, 2.75) is 45.6 Å². The molecular formula is C14H21N. The van der Waals surface area contributed by atoms with Crippen LogP contribution in [0.2, 0.25) is 0 Å². The van der Waals surface area contributed by atoms with E-state index in [9.17, 15) is 0 Å². The number of aryl methyl sites for hydroxylation is 2. The number of nitrogens with two attached hydrogens (primary N) is 1. The van der Waals surface area contributed by atoms with Gasteiger partial charge in [0.1, 0.15) is 0 Å². The van der Waals surface area contributed by atoms with Crippen molar-refractivity contribution in [3.05, 3.63) is 34.9 Å². The SMILES string of the molecule is Cc1ccc(C)c(CC(C)(N)C2CC2)c1. The summed E-state index contributed by atoms with van der Waals surface area (Å²) in [5.41, 5.74) is 10.5. The van der Waals surface area contributed by atoms with Crippen molar-refractivity contribution in [3.8, 4) is 0 Å². The molecule has 0 saturated heterocycles. The maximum atomic E-state index is 6.37. The van der Waals surface area contributed by atoms with Crippen LogP contribution in [-0.4, -0.2) is 5.54 Å². The largest absolute Gasteiger partial charge is 0.325 e. The Labute approximate surface area is 92.7 Å². The Balaban J connectivity index is 2.19. The van der Waals surface area contributed by atoms with Gasteiger partial charge in [-0.05, 0) is 57.1 Å². The lowest BCUT2D eigenvalue weighted by Crippen LogP contribution is -2.41. The molecule has 0 spiro atoms. The van der Waals surface area contributed by atoms with Crippen molar-refractivity contribution >= 4 is 0 Å². The highest BCUT2D eigenvalue weighted by atomic mass is 14.8. The summed E-state index contributed by atoms with van der Waals surface area (Å²) in [6.45, 7) is 6.53. The topological polar surface area (TPSA) is 26.0 Å². The normalized spacial score (nSPS) is 20.0. The molecule has 1 aromatic carbocycles. The lowest BCUT2D eigenvalue weighted by atomic mass is 9.87. The minimum atomic E-state index is -0.00144. The van der Waals surface area contributed by atoms with Gasteiger partial charge in [0.15, 0.2) is 0 Å². The Hall–Kier alpha value is -0.820. The van der Waals surface area contributed by atoms with Crippen LogP contribution in [0.4, 0.5) is 0 Å². The standard InChI is InChI=1S/C14H21N/c1-10-4-5-11(2)12(8-10)9-14(3,15)13-6-7-13/h4-5,8,13H,6-7,9,15H2,1-3H3. The van der Waals surface area contributed by atoms with E-state index < -0.39 is 0 Å². The van der Waals surface area contributed by atoms with Crippen molar-refractivity contribution < 1.29 is 0 Å². The highest BCUT2D eigenvalue weighted by Crippen LogP contribution is 2.40. The molecule has 1 aliphatic carbocycles. The van der Waals surface area contributed by atoms with Crippen molar-refractivity contribution in [2.24, 2.45) is 11.7 Å². The van der Waals surface area contributed by atoms with Gasteiger partial charge in [-0.2, -0.15) is 0 Å². The van der Waals surface area contributed by atoms with E-state index in [-0.39, 0.29) is 5.54 Å². The summed E-state index contributed by atoms with van der Waals surface area (Å²) in [5.74, 6) is 0.748. The molecule has 1 nitrogen and oxygen atoms in total. The Kier molecular flexibility index (Phi) is 2.59. The molecule has 0 aliphatic heterocycles. The first-order chi connectivity index (χ1) is 6.99. The average Bonchev–Trinajstić information content (AvgIpc) is 2.93. The summed E-state index contributed by atoms with van der Waals surface area (Å²) in [5, 5.41) is 0. The predicted octanol–water partition coefficient (Wildman–Crippen LogP) is 2.97. The minimum Gasteiger partial charge on any atom is -0.325 e. The summed E-state index contributed by atoms with van der Waals surface area (Å²) in [7, 11) is 0. The molecule has 2 N–H and O–H groups in total. The molecule has 1 fully saturated rings. The maximum absolute atomic E-state index is 6.37. The second-order valence-electron chi connectivity index (χ2n) is 5.39. The molecule has 1 aromatic rings. The van der Waals surface area contributed by atoms with Gasteiger partial charge in [0.25, 0.3) is 0 Å². The lowest BCUT2D eigenvalue weighted by Gasteiger charge is -2.25. The smallest absolute Gasteiger partial charge is 0.0195 e. The van der Waals surface area contributed by atoms with Crippen LogP contribution >= 0.6 is 0 Å². The van der Waals surface area contributed by atoms with E-state index in [1.165, 1.54) is 29.5 Å². The van der Waals surface area contributed by atoms with Crippen molar-refractivity contribution in [2.75, 3.05) is 0 Å². The summed E-state index contributed by atoms with van der Waals surface area (Å²) in [4.78, 5) is 0. The summed E-state index contributed by atoms with van der Waals surface area (Å²) >= 11 is 0. The van der Waals surface area contributed by atoms with Gasteiger partial charge >= 0.3 is 0 Å². The molecule has 0 aromatic heterocycles. The van der Waals surface area contributed by atoms with Crippen LogP contribution in [0.3, 0.4) is 0 Å². The molecule has 82 valence electrons. The van der Waals surface area contributed by atoms with Crippen molar-refractivity contribution in [1.29, 1.82) is 0 Å². The predicted molar refractivity (Wildman–Crippen MR) is 64.9 cm³/mol. The molecule has 0 amide bonds. The molecule has 1 saturated carbocycles. The van der Waals surface area contributed by atoms with Crippen molar-refractivity contribution in [3.63, 3.8) is 0 Å². The molecule has 1 atom stereocenters. The number of hydrogen-bond acceptors (Lipinski definition) is 1. The van der Waals surface area contributed by atoms with Crippen LogP contribution in [0.1, 0.15) is 36.5 Å². The van der Waals surface area contributed by atoms with Crippen molar-refractivity contribution in [1.82, 2.24) is 0 Å². The fourth-order valence-electron chi connectivity index (χ4n) is 2.29. The molecule has 0 heterocycles. The Bertz CT molecular complexity index is 362. The number of rotatable bonds is 3. The number of hydrogen-bond donors (Lipinski definition) is 1. The van der Waals surface area contributed by atoms with Crippen LogP contribution in [0.5, 0.6) is 0 Å². The molecule has 2 rings (SSSR count). The fourth-order valence-corrected chi connectivity index (χ4v) is 2.29. The molecule has 1 aliphatic rings. The van der Waals surface area contributed by atoms with Gasteiger partial charge in [-0.15, -0.1) is 0 Å². The third kappa shape index (κ3) is 2.40. The molecule has 0 bridgehead atoms. The van der Waals surface area contributed by atoms with Crippen LogP contribution in [0, 0.1) is 19.8 Å². The van der Waals surface area contributed by atoms with Gasteiger partial charge in [-0.1, -0.05) is 23.8 Å². The highest BCUT2D eigenvalue weighted by molar-refractivity contribution is 5.32. The van der Waals surface area contributed by atoms with E-state index in [1.807, 2.05) is 0 Å². The lowest BCUT2D eigenvalue weighted by molar-refractivity contribution is 0.405. The van der Waals surface area contributed by atoms with Gasteiger partial charge < -0.3 is 5.73 Å². The molecule has 1 heteroatoms. The van der Waals surface area contributed by atoms with Gasteiger partial charge in [0, 0.05) is 5.54 Å². The Morgan fingerprint density at radius 2 is 2.00 bits per heavy atom. The minimum absolute atomic E-state index is 0.00144. The molecule has 15 heavy (non-hydrogen) atoms. The Morgan fingerprint density at radius 3 is 2.60 bits per heavy atom. The van der Waals surface area contributed by atoms with Gasteiger partial charge in [-0.25, -0.2) is 0 Å². The zero-order valence-corrected chi connectivity index (χ0v) is 10.0. The zero-order valence-electron chi connectivity index (χ0n) is 10.0. The highest BCUT2D eigenvalue weighted by Gasteiger charge is 2.38. The van der Waals surface area contributed by atoms with Gasteiger partial charge in [0.05, 0.1) is 0 Å². The van der Waals surface area contributed by atoms with E-state index in [2.05, 4.69) is 39.0 Å². The third-order valence-corrected chi connectivity index (χ3v) is 3.59. The maximum Gasteiger partial charge on any atom is 0.0195 e. The van der Waals surface area contributed by atoms with Gasteiger partial charge in [-0.3, -0.25) is 0 Å². The van der Waals surface area contributed by atoms with E-state index in [4.69, 9.17) is 5.73 Å². The first-order valence-corrected chi connectivity index (χ1v) is 5.84. The summed E-state index contributed by atoms with van der Waals surface area (Å²) in [6.07, 6.45) is 3.65. The van der Waals surface area contributed by atoms with Crippen LogP contribution in [-0.2, 0) is 6.42 Å². The van der Waals surface area contributed by atoms with Crippen LogP contribution in [0.25, 0.3) is 0 Å². The summed E-state index contributed by atoms with van der Waals surface area (Å²) in [6, 6.07) is 6.65. The second-order valence-corrected chi connectivity index (χ2v) is 5.39. The second kappa shape index (κ2) is 3.64. The molecule has 1 unspecified atom stereocenters. The van der Waals surface area contributed by atoms with Crippen LogP contribution in [0.15, 0.2) is 18.2 Å². The zero-order chi connectivity index (χ0) is 11.1. The third-order valence-electron chi connectivity index (χ3n) is 3.59. The van der Waals surface area contributed by atoms with Crippen LogP contribution < -0.4 is 5.73 Å². The number of benzene rings is 1. The molecular weight excluding hydrogens is 182 g/mol. The molecule has 0 radical (unpaired) electrons. The summed E-state index contributed by atoms with van der Waals surface area (Å²) < 4.78 is 0. The fraction of sp³-hybridized carbons (Fsp3) is 0.571. The van der Waals surface area contributed by atoms with E-state index in [0.717, 1.165) is 12.3 Å². The first-order valence-electron chi connectivity index (χ1n) is 5.84. The quantitative estimate of drug-likeness (QED) is 0.803. The van der Waals surface area contributed by atoms with E-state index >= 15 is 0 Å².